The van der Waals surface area contributed by atoms with Gasteiger partial charge in [0.15, 0.2) is 5.54 Å². The van der Waals surface area contributed by atoms with E-state index >= 15 is 0 Å². The summed E-state index contributed by atoms with van der Waals surface area (Å²) in [5.74, 6) is -1.53. The smallest absolute Gasteiger partial charge is 0.266 e. The molecule has 2 heterocycles. The lowest BCUT2D eigenvalue weighted by Gasteiger charge is -2.36. The van der Waals surface area contributed by atoms with Gasteiger partial charge in [0, 0.05) is 32.6 Å². The van der Waals surface area contributed by atoms with Crippen molar-refractivity contribution >= 4 is 69.6 Å². The Kier molecular flexibility index (Phi) is 5.64. The van der Waals surface area contributed by atoms with Crippen LogP contribution < -0.4 is 16.0 Å². The van der Waals surface area contributed by atoms with E-state index in [1.165, 1.54) is 4.90 Å². The standard InChI is InChI=1S/C25H17Cl2N3O3S/c26-15-7-4-8-17(11-15)30-23(32)22(34-13-20(28)31)21(14-5-2-1-3-6-14)25(30)18-10-9-16(27)12-19(18)29-24(25)33/h1-12H,13H2,(H2,28,31)(H,29,33). The van der Waals surface area contributed by atoms with E-state index in [9.17, 15) is 14.4 Å². The van der Waals surface area contributed by atoms with Crippen molar-refractivity contribution in [2.45, 2.75) is 5.54 Å². The first-order chi connectivity index (χ1) is 16.3. The zero-order valence-corrected chi connectivity index (χ0v) is 19.9. The summed E-state index contributed by atoms with van der Waals surface area (Å²) in [6.45, 7) is 0. The molecule has 9 heteroatoms. The first-order valence-electron chi connectivity index (χ1n) is 10.3. The van der Waals surface area contributed by atoms with Crippen LogP contribution >= 0.6 is 35.0 Å². The van der Waals surface area contributed by atoms with Gasteiger partial charge in [-0.25, -0.2) is 0 Å². The number of nitrogens with two attached hydrogens (primary N) is 1. The lowest BCUT2D eigenvalue weighted by Crippen LogP contribution is -2.50. The van der Waals surface area contributed by atoms with Gasteiger partial charge in [-0.15, -0.1) is 11.8 Å². The first-order valence-corrected chi connectivity index (χ1v) is 12.0. The molecule has 3 aromatic rings. The molecule has 1 unspecified atom stereocenters. The summed E-state index contributed by atoms with van der Waals surface area (Å²) < 4.78 is 0. The number of primary amides is 1. The molecule has 5 rings (SSSR count). The molecule has 0 fully saturated rings. The maximum absolute atomic E-state index is 14.0. The van der Waals surface area contributed by atoms with Crippen LogP contribution in [-0.2, 0) is 19.9 Å². The zero-order chi connectivity index (χ0) is 24.0. The fraction of sp³-hybridized carbons (Fsp3) is 0.0800. The van der Waals surface area contributed by atoms with E-state index in [1.807, 2.05) is 30.3 Å². The van der Waals surface area contributed by atoms with Crippen molar-refractivity contribution in [1.82, 2.24) is 0 Å². The molecule has 0 radical (unpaired) electrons. The minimum Gasteiger partial charge on any atom is -0.369 e. The number of fused-ring (bicyclic) bond motifs is 2. The summed E-state index contributed by atoms with van der Waals surface area (Å²) in [6, 6.07) is 21.0. The van der Waals surface area contributed by atoms with Gasteiger partial charge in [0.2, 0.25) is 5.91 Å². The zero-order valence-electron chi connectivity index (χ0n) is 17.5. The van der Waals surface area contributed by atoms with E-state index in [0.29, 0.717) is 38.1 Å². The average Bonchev–Trinajstić information content (AvgIpc) is 3.23. The van der Waals surface area contributed by atoms with Gasteiger partial charge < -0.3 is 11.1 Å². The highest BCUT2D eigenvalue weighted by molar-refractivity contribution is 8.04. The molecule has 0 aliphatic carbocycles. The van der Waals surface area contributed by atoms with Crippen LogP contribution in [0.3, 0.4) is 0 Å². The lowest BCUT2D eigenvalue weighted by atomic mass is 9.80. The van der Waals surface area contributed by atoms with Gasteiger partial charge in [-0.3, -0.25) is 19.3 Å². The molecule has 6 nitrogen and oxygen atoms in total. The number of nitrogens with zero attached hydrogens (tertiary/aromatic N) is 1. The summed E-state index contributed by atoms with van der Waals surface area (Å²) in [6.07, 6.45) is 0. The van der Waals surface area contributed by atoms with E-state index < -0.39 is 23.3 Å². The highest BCUT2D eigenvalue weighted by Crippen LogP contribution is 2.57. The molecule has 0 saturated carbocycles. The molecule has 0 bridgehead atoms. The van der Waals surface area contributed by atoms with Crippen LogP contribution in [0.25, 0.3) is 5.57 Å². The second kappa shape index (κ2) is 8.51. The number of carbonyl (C=O) groups excluding carboxylic acids is 3. The Balaban J connectivity index is 1.87. The van der Waals surface area contributed by atoms with Gasteiger partial charge in [-0.1, -0.05) is 65.7 Å². The van der Waals surface area contributed by atoms with Gasteiger partial charge in [-0.2, -0.15) is 0 Å². The maximum Gasteiger partial charge on any atom is 0.266 e. The molecule has 170 valence electrons. The molecule has 34 heavy (non-hydrogen) atoms. The number of nitrogens with one attached hydrogen (secondary N) is 1. The molecule has 2 aliphatic heterocycles. The second-order valence-corrected chi connectivity index (χ2v) is 9.66. The molecule has 3 aromatic carbocycles. The van der Waals surface area contributed by atoms with Crippen LogP contribution in [0.15, 0.2) is 77.7 Å². The van der Waals surface area contributed by atoms with Gasteiger partial charge in [0.1, 0.15) is 0 Å². The van der Waals surface area contributed by atoms with Gasteiger partial charge in [0.05, 0.1) is 10.7 Å². The van der Waals surface area contributed by atoms with Crippen LogP contribution in [0.1, 0.15) is 11.1 Å². The number of thioether (sulfide) groups is 1. The van der Waals surface area contributed by atoms with Gasteiger partial charge in [0.25, 0.3) is 11.8 Å². The quantitative estimate of drug-likeness (QED) is 0.515. The van der Waals surface area contributed by atoms with Crippen LogP contribution in [-0.4, -0.2) is 23.5 Å². The number of anilines is 2. The molecule has 0 aromatic heterocycles. The largest absolute Gasteiger partial charge is 0.369 e. The third-order valence-corrected chi connectivity index (χ3v) is 7.32. The van der Waals surface area contributed by atoms with Crippen LogP contribution in [0.4, 0.5) is 11.4 Å². The number of rotatable bonds is 5. The van der Waals surface area contributed by atoms with Crippen molar-refractivity contribution in [3.63, 3.8) is 0 Å². The predicted octanol–water partition coefficient (Wildman–Crippen LogP) is 4.82. The summed E-state index contributed by atoms with van der Waals surface area (Å²) >= 11 is 13.5. The third-order valence-electron chi connectivity index (χ3n) is 5.76. The lowest BCUT2D eigenvalue weighted by molar-refractivity contribution is -0.122. The number of benzene rings is 3. The Hall–Kier alpha value is -3.26. The fourth-order valence-electron chi connectivity index (χ4n) is 4.53. The summed E-state index contributed by atoms with van der Waals surface area (Å²) in [5, 5.41) is 3.77. The molecule has 1 atom stereocenters. The number of amides is 3. The normalized spacial score (nSPS) is 19.1. The third kappa shape index (κ3) is 3.39. The highest BCUT2D eigenvalue weighted by atomic mass is 35.5. The van der Waals surface area contributed by atoms with Gasteiger partial charge >= 0.3 is 0 Å². The van der Waals surface area contributed by atoms with E-state index in [0.717, 1.165) is 11.8 Å². The van der Waals surface area contributed by atoms with E-state index in [2.05, 4.69) is 5.32 Å². The highest BCUT2D eigenvalue weighted by Gasteiger charge is 2.62. The fourth-order valence-corrected chi connectivity index (χ4v) is 5.79. The van der Waals surface area contributed by atoms with Gasteiger partial charge in [-0.05, 0) is 35.9 Å². The van der Waals surface area contributed by atoms with Crippen molar-refractivity contribution in [3.05, 3.63) is 98.9 Å². The molecule has 2 aliphatic rings. The summed E-state index contributed by atoms with van der Waals surface area (Å²) in [5.41, 5.74) is 6.54. The van der Waals surface area contributed by atoms with Crippen molar-refractivity contribution in [3.8, 4) is 0 Å². The molecule has 0 saturated heterocycles. The topological polar surface area (TPSA) is 92.5 Å². The van der Waals surface area contributed by atoms with Crippen LogP contribution in [0.2, 0.25) is 10.0 Å². The van der Waals surface area contributed by atoms with Crippen LogP contribution in [0.5, 0.6) is 0 Å². The molecular formula is C25H17Cl2N3O3S. The first kappa shape index (κ1) is 22.5. The predicted molar refractivity (Wildman–Crippen MR) is 136 cm³/mol. The summed E-state index contributed by atoms with van der Waals surface area (Å²) in [4.78, 5) is 41.3. The number of carbonyl (C=O) groups is 3. The monoisotopic (exact) mass is 509 g/mol. The van der Waals surface area contributed by atoms with Crippen LogP contribution in [0, 0.1) is 0 Å². The molecular weight excluding hydrogens is 493 g/mol. The Morgan fingerprint density at radius 2 is 1.71 bits per heavy atom. The minimum atomic E-state index is -1.54. The van der Waals surface area contributed by atoms with E-state index in [1.54, 1.807) is 42.5 Å². The second-order valence-electron chi connectivity index (χ2n) is 7.80. The molecule has 3 N–H and O–H groups in total. The number of hydrogen-bond donors (Lipinski definition) is 2. The van der Waals surface area contributed by atoms with E-state index in [4.69, 9.17) is 28.9 Å². The molecule has 1 spiro atoms. The Bertz CT molecular complexity index is 1390. The Labute approximate surface area is 209 Å². The maximum atomic E-state index is 14.0. The minimum absolute atomic E-state index is 0.119. The number of hydrogen-bond acceptors (Lipinski definition) is 4. The summed E-state index contributed by atoms with van der Waals surface area (Å²) in [7, 11) is 0. The van der Waals surface area contributed by atoms with Crippen molar-refractivity contribution in [1.29, 1.82) is 0 Å². The van der Waals surface area contributed by atoms with Crippen molar-refractivity contribution in [2.75, 3.05) is 16.0 Å². The Morgan fingerprint density at radius 3 is 2.41 bits per heavy atom. The average molecular weight is 510 g/mol. The van der Waals surface area contributed by atoms with Crippen molar-refractivity contribution in [2.24, 2.45) is 5.73 Å². The molecule has 3 amide bonds. The number of halogens is 2. The Morgan fingerprint density at radius 1 is 0.971 bits per heavy atom. The van der Waals surface area contributed by atoms with E-state index in [-0.39, 0.29) is 10.7 Å². The SMILES string of the molecule is NC(=O)CSC1=C(c2ccccc2)C2(C(=O)Nc3cc(Cl)ccc32)N(c2cccc(Cl)c2)C1=O. The van der Waals surface area contributed by atoms with Crippen molar-refractivity contribution < 1.29 is 14.4 Å².